The first-order valence-corrected chi connectivity index (χ1v) is 11.5. The Morgan fingerprint density at radius 3 is 2.78 bits per heavy atom. The van der Waals surface area contributed by atoms with E-state index in [9.17, 15) is 13.2 Å². The second-order valence-electron chi connectivity index (χ2n) is 8.66. The van der Waals surface area contributed by atoms with Crippen LogP contribution in [0.4, 0.5) is 18.9 Å². The summed E-state index contributed by atoms with van der Waals surface area (Å²) in [4.78, 5) is 16.6. The molecule has 190 valence electrons. The second kappa shape index (κ2) is 10.8. The monoisotopic (exact) mass is 500 g/mol. The largest absolute Gasteiger partial charge is 0.490 e. The number of rotatable bonds is 6. The molecule has 0 fully saturated rings. The number of halogens is 3. The Labute approximate surface area is 205 Å². The molecule has 0 saturated heterocycles. The highest BCUT2D eigenvalue weighted by atomic mass is 19.4. The van der Waals surface area contributed by atoms with E-state index in [-0.39, 0.29) is 0 Å². The van der Waals surface area contributed by atoms with Gasteiger partial charge in [0, 0.05) is 35.0 Å². The van der Waals surface area contributed by atoms with Crippen LogP contribution in [0.5, 0.6) is 5.75 Å². The number of hydrogen-bond acceptors (Lipinski definition) is 4. The van der Waals surface area contributed by atoms with Crippen molar-refractivity contribution in [2.24, 2.45) is 0 Å². The zero-order chi connectivity index (χ0) is 25.7. The van der Waals surface area contributed by atoms with Crippen LogP contribution in [0.15, 0.2) is 61.2 Å². The van der Waals surface area contributed by atoms with Gasteiger partial charge in [0.25, 0.3) is 0 Å². The number of aromatic nitrogens is 3. The van der Waals surface area contributed by atoms with E-state index in [1.165, 1.54) is 27.7 Å². The highest BCUT2D eigenvalue weighted by molar-refractivity contribution is 5.85. The minimum Gasteiger partial charge on any atom is -0.490 e. The van der Waals surface area contributed by atoms with Gasteiger partial charge in [-0.25, -0.2) is 9.78 Å². The molecule has 4 aromatic rings. The summed E-state index contributed by atoms with van der Waals surface area (Å²) in [6.45, 7) is 3.57. The molecule has 0 saturated carbocycles. The number of hydrogen-bond donors (Lipinski definition) is 3. The number of aromatic amines is 1. The normalized spacial score (nSPS) is 15.1. The first-order valence-electron chi connectivity index (χ1n) is 11.5. The zero-order valence-electron chi connectivity index (χ0n) is 19.7. The van der Waals surface area contributed by atoms with Crippen LogP contribution in [0.3, 0.4) is 0 Å². The summed E-state index contributed by atoms with van der Waals surface area (Å²) in [5.74, 6) is -1.85. The lowest BCUT2D eigenvalue weighted by molar-refractivity contribution is -0.192. The van der Waals surface area contributed by atoms with E-state index in [2.05, 4.69) is 52.5 Å². The molecule has 2 aromatic heterocycles. The van der Waals surface area contributed by atoms with Crippen LogP contribution >= 0.6 is 0 Å². The molecule has 0 aliphatic heterocycles. The minimum absolute atomic E-state index is 0.403. The summed E-state index contributed by atoms with van der Waals surface area (Å²) in [7, 11) is 0. The Hall–Kier alpha value is -3.95. The molecule has 7 nitrogen and oxygen atoms in total. The quantitative estimate of drug-likeness (QED) is 0.332. The fourth-order valence-corrected chi connectivity index (χ4v) is 4.27. The van der Waals surface area contributed by atoms with Crippen LogP contribution in [0, 0.1) is 6.92 Å². The predicted octanol–water partition coefficient (Wildman–Crippen LogP) is 5.35. The van der Waals surface area contributed by atoms with E-state index >= 15 is 0 Å². The number of anilines is 1. The number of carboxylic acid groups (broad SMARTS) is 1. The third kappa shape index (κ3) is 6.18. The molecule has 0 amide bonds. The van der Waals surface area contributed by atoms with Crippen LogP contribution in [0.1, 0.15) is 23.2 Å². The van der Waals surface area contributed by atoms with Gasteiger partial charge < -0.3 is 24.7 Å². The number of carboxylic acids is 1. The molecule has 3 N–H and O–H groups in total. The average Bonchev–Trinajstić information content (AvgIpc) is 3.48. The Morgan fingerprint density at radius 2 is 2.06 bits per heavy atom. The molecule has 1 atom stereocenters. The summed E-state index contributed by atoms with van der Waals surface area (Å²) >= 11 is 0. The van der Waals surface area contributed by atoms with Crippen LogP contribution in [-0.2, 0) is 24.2 Å². The molecule has 2 aromatic carbocycles. The summed E-state index contributed by atoms with van der Waals surface area (Å²) in [6.07, 6.45) is 3.69. The molecule has 10 heteroatoms. The molecular weight excluding hydrogens is 473 g/mol. The summed E-state index contributed by atoms with van der Waals surface area (Å²) in [5.41, 5.74) is 6.50. The third-order valence-corrected chi connectivity index (χ3v) is 6.00. The van der Waals surface area contributed by atoms with Gasteiger partial charge in [-0.2, -0.15) is 13.2 Å². The SMILES string of the molecule is Cc1ccc2[nH]c3c(c2c1)CC(Nc1ccccc1OCCn1ccnc1)CC3.O=C(O)C(F)(F)F. The summed E-state index contributed by atoms with van der Waals surface area (Å²) in [6, 6.07) is 15.3. The number of para-hydroxylation sites is 2. The fourth-order valence-electron chi connectivity index (χ4n) is 4.27. The Bertz CT molecular complexity index is 1320. The maximum absolute atomic E-state index is 10.6. The Morgan fingerprint density at radius 1 is 1.28 bits per heavy atom. The number of H-pyrrole nitrogens is 1. The van der Waals surface area contributed by atoms with Gasteiger partial charge in [0.05, 0.1) is 18.6 Å². The lowest BCUT2D eigenvalue weighted by atomic mass is 9.91. The van der Waals surface area contributed by atoms with Crippen LogP contribution in [0.2, 0.25) is 0 Å². The number of aryl methyl sites for hydroxylation is 2. The Kier molecular flexibility index (Phi) is 7.52. The van der Waals surface area contributed by atoms with Crippen molar-refractivity contribution in [2.75, 3.05) is 11.9 Å². The number of aliphatic carboxylic acids is 1. The lowest BCUT2D eigenvalue weighted by Gasteiger charge is -2.26. The molecule has 1 aliphatic rings. The van der Waals surface area contributed by atoms with Crippen molar-refractivity contribution < 1.29 is 27.8 Å². The highest BCUT2D eigenvalue weighted by Crippen LogP contribution is 2.32. The number of nitrogens with one attached hydrogen (secondary N) is 2. The van der Waals surface area contributed by atoms with Crippen molar-refractivity contribution in [3.8, 4) is 5.75 Å². The van der Waals surface area contributed by atoms with Crippen molar-refractivity contribution in [1.82, 2.24) is 14.5 Å². The van der Waals surface area contributed by atoms with Crippen molar-refractivity contribution >= 4 is 22.6 Å². The van der Waals surface area contributed by atoms with E-state index < -0.39 is 12.1 Å². The number of benzene rings is 2. The van der Waals surface area contributed by atoms with Gasteiger partial charge in [-0.05, 0) is 56.0 Å². The Balaban J connectivity index is 0.000000384. The third-order valence-electron chi connectivity index (χ3n) is 6.00. The average molecular weight is 501 g/mol. The molecule has 0 spiro atoms. The van der Waals surface area contributed by atoms with Crippen molar-refractivity contribution in [1.29, 1.82) is 0 Å². The van der Waals surface area contributed by atoms with Crippen LogP contribution in [-0.4, -0.2) is 44.4 Å². The fraction of sp³-hybridized carbons (Fsp3) is 0.308. The van der Waals surface area contributed by atoms with Crippen molar-refractivity contribution in [2.45, 2.75) is 44.9 Å². The van der Waals surface area contributed by atoms with Gasteiger partial charge in [0.1, 0.15) is 12.4 Å². The highest BCUT2D eigenvalue weighted by Gasteiger charge is 2.38. The van der Waals surface area contributed by atoms with Crippen molar-refractivity contribution in [3.63, 3.8) is 0 Å². The van der Waals surface area contributed by atoms with E-state index in [1.807, 2.05) is 29.2 Å². The number of alkyl halides is 3. The van der Waals surface area contributed by atoms with Gasteiger partial charge in [-0.1, -0.05) is 23.8 Å². The lowest BCUT2D eigenvalue weighted by Crippen LogP contribution is -2.27. The van der Waals surface area contributed by atoms with E-state index in [0.29, 0.717) is 12.6 Å². The van der Waals surface area contributed by atoms with Gasteiger partial charge in [-0.15, -0.1) is 0 Å². The maximum Gasteiger partial charge on any atom is 0.490 e. The van der Waals surface area contributed by atoms with Crippen LogP contribution in [0.25, 0.3) is 10.9 Å². The molecule has 5 rings (SSSR count). The van der Waals surface area contributed by atoms with Gasteiger partial charge >= 0.3 is 12.1 Å². The number of ether oxygens (including phenoxy) is 1. The van der Waals surface area contributed by atoms with Gasteiger partial charge in [-0.3, -0.25) is 0 Å². The number of imidazole rings is 1. The zero-order valence-corrected chi connectivity index (χ0v) is 19.7. The molecule has 0 radical (unpaired) electrons. The summed E-state index contributed by atoms with van der Waals surface area (Å²) in [5, 5.41) is 12.2. The molecule has 2 heterocycles. The van der Waals surface area contributed by atoms with Gasteiger partial charge in [0.15, 0.2) is 0 Å². The van der Waals surface area contributed by atoms with Gasteiger partial charge in [0.2, 0.25) is 0 Å². The van der Waals surface area contributed by atoms with E-state index in [4.69, 9.17) is 14.6 Å². The number of carbonyl (C=O) groups is 1. The molecular formula is C26H27F3N4O3. The topological polar surface area (TPSA) is 92.2 Å². The standard InChI is InChI=1S/C24H26N4O.C2HF3O2/c1-17-6-8-21-19(14-17)20-15-18(7-9-22(20)27-21)26-23-4-2-3-5-24(23)29-13-12-28-11-10-25-16-28;3-2(4,5)1(6)7/h2-6,8,10-11,14,16,18,26-27H,7,9,12-13,15H2,1H3;(H,6,7). The first kappa shape index (κ1) is 25.2. The van der Waals surface area contributed by atoms with Crippen LogP contribution < -0.4 is 10.1 Å². The molecule has 36 heavy (non-hydrogen) atoms. The number of nitrogens with zero attached hydrogens (tertiary/aromatic N) is 2. The second-order valence-corrected chi connectivity index (χ2v) is 8.66. The molecule has 1 aliphatic carbocycles. The first-order chi connectivity index (χ1) is 17.2. The van der Waals surface area contributed by atoms with E-state index in [0.717, 1.165) is 37.2 Å². The van der Waals surface area contributed by atoms with E-state index in [1.54, 1.807) is 6.20 Å². The summed E-state index contributed by atoms with van der Waals surface area (Å²) < 4.78 is 39.8. The van der Waals surface area contributed by atoms with Crippen molar-refractivity contribution in [3.05, 3.63) is 78.0 Å². The maximum atomic E-state index is 10.6. The predicted molar refractivity (Wildman–Crippen MR) is 130 cm³/mol. The molecule has 1 unspecified atom stereocenters. The number of fused-ring (bicyclic) bond motifs is 3. The smallest absolute Gasteiger partial charge is 0.490 e. The molecule has 0 bridgehead atoms. The minimum atomic E-state index is -5.08.